The molecule has 0 radical (unpaired) electrons. The normalized spacial score (nSPS) is 12.9. The Hall–Kier alpha value is -1.81. The van der Waals surface area contributed by atoms with Gasteiger partial charge in [0.2, 0.25) is 5.91 Å². The third kappa shape index (κ3) is 2.31. The summed E-state index contributed by atoms with van der Waals surface area (Å²) in [6.07, 6.45) is 1.91. The quantitative estimate of drug-likeness (QED) is 0.792. The van der Waals surface area contributed by atoms with Gasteiger partial charge < -0.3 is 4.98 Å². The molecule has 0 saturated carbocycles. The summed E-state index contributed by atoms with van der Waals surface area (Å²) in [6, 6.07) is 8.00. The molecule has 1 amide bonds. The van der Waals surface area contributed by atoms with Crippen molar-refractivity contribution < 1.29 is 4.79 Å². The molecule has 2 aromatic rings. The number of hydrazine groups is 1. The molecule has 17 heavy (non-hydrogen) atoms. The first kappa shape index (κ1) is 11.7. The van der Waals surface area contributed by atoms with E-state index < -0.39 is 0 Å². The molecule has 90 valence electrons. The van der Waals surface area contributed by atoms with Crippen molar-refractivity contribution >= 4 is 16.8 Å². The average molecular weight is 231 g/mol. The molecule has 0 aliphatic heterocycles. The Labute approximate surface area is 101 Å². The Morgan fingerprint density at radius 1 is 1.35 bits per heavy atom. The highest BCUT2D eigenvalue weighted by Gasteiger charge is 2.18. The minimum Gasteiger partial charge on any atom is -0.361 e. The molecule has 4 nitrogen and oxygen atoms in total. The van der Waals surface area contributed by atoms with Crippen molar-refractivity contribution in [2.75, 3.05) is 14.1 Å². The number of fused-ring (bicyclic) bond motifs is 1. The van der Waals surface area contributed by atoms with Crippen LogP contribution >= 0.6 is 0 Å². The Morgan fingerprint density at radius 3 is 2.76 bits per heavy atom. The number of aromatic amines is 1. The third-order valence-electron chi connectivity index (χ3n) is 2.81. The van der Waals surface area contributed by atoms with E-state index in [-0.39, 0.29) is 11.8 Å². The topological polar surface area (TPSA) is 48.1 Å². The summed E-state index contributed by atoms with van der Waals surface area (Å²) in [6.45, 7) is 1.91. The molecular weight excluding hydrogens is 214 g/mol. The van der Waals surface area contributed by atoms with Crippen LogP contribution in [-0.2, 0) is 4.79 Å². The molecule has 0 aliphatic carbocycles. The molecule has 0 spiro atoms. The maximum atomic E-state index is 11.9. The zero-order chi connectivity index (χ0) is 12.4. The summed E-state index contributed by atoms with van der Waals surface area (Å²) < 4.78 is 0. The van der Waals surface area contributed by atoms with Crippen LogP contribution in [0.5, 0.6) is 0 Å². The predicted octanol–water partition coefficient (Wildman–Crippen LogP) is 1.86. The van der Waals surface area contributed by atoms with E-state index in [1.807, 2.05) is 37.4 Å². The van der Waals surface area contributed by atoms with Crippen LogP contribution in [0.15, 0.2) is 30.5 Å². The van der Waals surface area contributed by atoms with Crippen LogP contribution in [-0.4, -0.2) is 30.0 Å². The molecule has 0 saturated heterocycles. The summed E-state index contributed by atoms with van der Waals surface area (Å²) in [5, 5.41) is 2.77. The van der Waals surface area contributed by atoms with E-state index in [0.717, 1.165) is 16.5 Å². The Balaban J connectivity index is 2.30. The highest BCUT2D eigenvalue weighted by Crippen LogP contribution is 2.25. The summed E-state index contributed by atoms with van der Waals surface area (Å²) in [5.41, 5.74) is 4.87. The second-order valence-corrected chi connectivity index (χ2v) is 4.38. The van der Waals surface area contributed by atoms with Crippen molar-refractivity contribution in [1.29, 1.82) is 0 Å². The van der Waals surface area contributed by atoms with Gasteiger partial charge >= 0.3 is 0 Å². The number of carbonyl (C=O) groups is 1. The third-order valence-corrected chi connectivity index (χ3v) is 2.81. The van der Waals surface area contributed by atoms with Gasteiger partial charge in [0, 0.05) is 31.2 Å². The van der Waals surface area contributed by atoms with Gasteiger partial charge in [-0.3, -0.25) is 10.2 Å². The molecule has 4 heteroatoms. The number of benzene rings is 1. The molecule has 2 N–H and O–H groups in total. The van der Waals surface area contributed by atoms with E-state index in [2.05, 4.69) is 10.4 Å². The smallest absolute Gasteiger partial charge is 0.241 e. The number of H-pyrrole nitrogens is 1. The Kier molecular flexibility index (Phi) is 3.15. The molecule has 1 atom stereocenters. The molecule has 0 aliphatic rings. The molecule has 1 unspecified atom stereocenters. The van der Waals surface area contributed by atoms with E-state index in [1.54, 1.807) is 19.1 Å². The largest absolute Gasteiger partial charge is 0.361 e. The van der Waals surface area contributed by atoms with Gasteiger partial charge in [-0.05, 0) is 18.6 Å². The van der Waals surface area contributed by atoms with Crippen molar-refractivity contribution in [3.05, 3.63) is 36.0 Å². The zero-order valence-electron chi connectivity index (χ0n) is 10.3. The van der Waals surface area contributed by atoms with E-state index in [4.69, 9.17) is 0 Å². The molecule has 1 heterocycles. The Bertz CT molecular complexity index is 530. The van der Waals surface area contributed by atoms with E-state index >= 15 is 0 Å². The van der Waals surface area contributed by atoms with Crippen molar-refractivity contribution in [3.8, 4) is 0 Å². The second-order valence-electron chi connectivity index (χ2n) is 4.38. The number of nitrogens with one attached hydrogen (secondary N) is 2. The van der Waals surface area contributed by atoms with Crippen LogP contribution in [0.2, 0.25) is 0 Å². The fraction of sp³-hybridized carbons (Fsp3) is 0.308. The van der Waals surface area contributed by atoms with E-state index in [0.29, 0.717) is 0 Å². The molecule has 0 fully saturated rings. The number of nitrogens with zero attached hydrogens (tertiary/aromatic N) is 1. The summed E-state index contributed by atoms with van der Waals surface area (Å²) in [4.78, 5) is 15.1. The zero-order valence-corrected chi connectivity index (χ0v) is 10.3. The van der Waals surface area contributed by atoms with Crippen LogP contribution in [0.1, 0.15) is 18.4 Å². The van der Waals surface area contributed by atoms with Crippen molar-refractivity contribution in [3.63, 3.8) is 0 Å². The lowest BCUT2D eigenvalue weighted by atomic mass is 10.00. The number of aromatic nitrogens is 1. The fourth-order valence-corrected chi connectivity index (χ4v) is 1.91. The van der Waals surface area contributed by atoms with Crippen molar-refractivity contribution in [1.82, 2.24) is 15.4 Å². The average Bonchev–Trinajstić information content (AvgIpc) is 2.70. The number of hydrogen-bond donors (Lipinski definition) is 2. The molecule has 2 rings (SSSR count). The molecule has 1 aromatic carbocycles. The lowest BCUT2D eigenvalue weighted by Gasteiger charge is -2.16. The van der Waals surface area contributed by atoms with Crippen molar-refractivity contribution in [2.45, 2.75) is 12.8 Å². The summed E-state index contributed by atoms with van der Waals surface area (Å²) in [5.74, 6) is -0.173. The minimum atomic E-state index is -0.173. The van der Waals surface area contributed by atoms with Gasteiger partial charge in [-0.1, -0.05) is 18.2 Å². The lowest BCUT2D eigenvalue weighted by Crippen LogP contribution is -2.38. The van der Waals surface area contributed by atoms with Gasteiger partial charge in [-0.25, -0.2) is 5.01 Å². The first-order chi connectivity index (χ1) is 8.09. The number of para-hydroxylation sites is 1. The van der Waals surface area contributed by atoms with Crippen LogP contribution in [0.3, 0.4) is 0 Å². The highest BCUT2D eigenvalue weighted by atomic mass is 16.2. The highest BCUT2D eigenvalue weighted by molar-refractivity contribution is 5.91. The predicted molar refractivity (Wildman–Crippen MR) is 68.5 cm³/mol. The number of amides is 1. The Morgan fingerprint density at radius 2 is 2.06 bits per heavy atom. The molecule has 0 bridgehead atoms. The van der Waals surface area contributed by atoms with Gasteiger partial charge in [0.25, 0.3) is 0 Å². The fourth-order valence-electron chi connectivity index (χ4n) is 1.91. The van der Waals surface area contributed by atoms with Gasteiger partial charge in [-0.15, -0.1) is 0 Å². The molecular formula is C13H17N3O. The first-order valence-corrected chi connectivity index (χ1v) is 5.63. The van der Waals surface area contributed by atoms with Gasteiger partial charge in [0.05, 0.1) is 5.92 Å². The first-order valence-electron chi connectivity index (χ1n) is 5.63. The van der Waals surface area contributed by atoms with Crippen molar-refractivity contribution in [2.24, 2.45) is 0 Å². The number of hydrogen-bond acceptors (Lipinski definition) is 2. The maximum absolute atomic E-state index is 11.9. The van der Waals surface area contributed by atoms with Crippen LogP contribution < -0.4 is 5.43 Å². The minimum absolute atomic E-state index is 0.000229. The SMILES string of the molecule is CC(C(=O)NN(C)C)c1c[nH]c2ccccc12. The van der Waals surface area contributed by atoms with E-state index in [9.17, 15) is 4.79 Å². The molecule has 1 aromatic heterocycles. The number of rotatable bonds is 3. The maximum Gasteiger partial charge on any atom is 0.241 e. The monoisotopic (exact) mass is 231 g/mol. The van der Waals surface area contributed by atoms with Gasteiger partial charge in [0.15, 0.2) is 0 Å². The summed E-state index contributed by atoms with van der Waals surface area (Å²) >= 11 is 0. The standard InChI is InChI=1S/C13H17N3O/c1-9(13(17)15-16(2)3)11-8-14-12-7-5-4-6-10(11)12/h4-9,14H,1-3H3,(H,15,17). The van der Waals surface area contributed by atoms with Crippen LogP contribution in [0.4, 0.5) is 0 Å². The second kappa shape index (κ2) is 4.59. The summed E-state index contributed by atoms with van der Waals surface area (Å²) in [7, 11) is 3.61. The number of carbonyl (C=O) groups excluding carboxylic acids is 1. The van der Waals surface area contributed by atoms with Crippen LogP contribution in [0, 0.1) is 0 Å². The van der Waals surface area contributed by atoms with E-state index in [1.165, 1.54) is 0 Å². The lowest BCUT2D eigenvalue weighted by molar-refractivity contribution is -0.125. The van der Waals surface area contributed by atoms with Gasteiger partial charge in [-0.2, -0.15) is 0 Å². The van der Waals surface area contributed by atoms with Crippen LogP contribution in [0.25, 0.3) is 10.9 Å². The van der Waals surface area contributed by atoms with Gasteiger partial charge in [0.1, 0.15) is 0 Å².